The van der Waals surface area contributed by atoms with Crippen LogP contribution in [0.1, 0.15) is 24.0 Å². The maximum absolute atomic E-state index is 5.38. The van der Waals surface area contributed by atoms with Gasteiger partial charge in [-0.15, -0.1) is 0 Å². The standard InChI is InChI=1S/C14H21NO2/c1-11-3-4-14(16-2)12(9-11)10-15-13-5-7-17-8-6-13/h3-4,9,13,15H,5-8,10H2,1-2H3. The molecule has 0 aliphatic carbocycles. The fourth-order valence-electron chi connectivity index (χ4n) is 2.20. The van der Waals surface area contributed by atoms with E-state index in [1.807, 2.05) is 6.07 Å². The van der Waals surface area contributed by atoms with Crippen molar-refractivity contribution in [3.05, 3.63) is 29.3 Å². The van der Waals surface area contributed by atoms with E-state index in [1.165, 1.54) is 11.1 Å². The summed E-state index contributed by atoms with van der Waals surface area (Å²) in [5.74, 6) is 0.968. The lowest BCUT2D eigenvalue weighted by atomic mass is 10.1. The van der Waals surface area contributed by atoms with Crippen molar-refractivity contribution in [3.8, 4) is 5.75 Å². The van der Waals surface area contributed by atoms with Crippen LogP contribution in [0.4, 0.5) is 0 Å². The van der Waals surface area contributed by atoms with Crippen molar-refractivity contribution in [2.45, 2.75) is 32.4 Å². The van der Waals surface area contributed by atoms with Gasteiger partial charge in [0.25, 0.3) is 0 Å². The minimum Gasteiger partial charge on any atom is -0.496 e. The molecule has 94 valence electrons. The normalized spacial score (nSPS) is 17.1. The van der Waals surface area contributed by atoms with Gasteiger partial charge in [0.1, 0.15) is 5.75 Å². The maximum atomic E-state index is 5.38. The molecule has 1 saturated heterocycles. The second-order valence-corrected chi connectivity index (χ2v) is 4.58. The van der Waals surface area contributed by atoms with Crippen LogP contribution >= 0.6 is 0 Å². The highest BCUT2D eigenvalue weighted by Gasteiger charge is 2.13. The zero-order valence-electron chi connectivity index (χ0n) is 10.7. The lowest BCUT2D eigenvalue weighted by Crippen LogP contribution is -2.34. The Labute approximate surface area is 103 Å². The molecule has 3 heteroatoms. The van der Waals surface area contributed by atoms with Gasteiger partial charge in [0.2, 0.25) is 0 Å². The number of ether oxygens (including phenoxy) is 2. The predicted octanol–water partition coefficient (Wildman–Crippen LogP) is 2.27. The van der Waals surface area contributed by atoms with Gasteiger partial charge < -0.3 is 14.8 Å². The van der Waals surface area contributed by atoms with Crippen LogP contribution in [-0.4, -0.2) is 26.4 Å². The van der Waals surface area contributed by atoms with Crippen LogP contribution in [0.2, 0.25) is 0 Å². The smallest absolute Gasteiger partial charge is 0.123 e. The topological polar surface area (TPSA) is 30.5 Å². The van der Waals surface area contributed by atoms with Crippen LogP contribution < -0.4 is 10.1 Å². The number of aryl methyl sites for hydroxylation is 1. The number of rotatable bonds is 4. The third-order valence-corrected chi connectivity index (χ3v) is 3.24. The summed E-state index contributed by atoms with van der Waals surface area (Å²) in [6.45, 7) is 4.73. The van der Waals surface area contributed by atoms with Crippen molar-refractivity contribution < 1.29 is 9.47 Å². The van der Waals surface area contributed by atoms with E-state index in [0.717, 1.165) is 38.3 Å². The van der Waals surface area contributed by atoms with Gasteiger partial charge >= 0.3 is 0 Å². The summed E-state index contributed by atoms with van der Waals surface area (Å²) >= 11 is 0. The second kappa shape index (κ2) is 6.03. The van der Waals surface area contributed by atoms with Crippen molar-refractivity contribution >= 4 is 0 Å². The SMILES string of the molecule is COc1ccc(C)cc1CNC1CCOCC1. The minimum atomic E-state index is 0.578. The number of hydrogen-bond acceptors (Lipinski definition) is 3. The highest BCUT2D eigenvalue weighted by Crippen LogP contribution is 2.20. The predicted molar refractivity (Wildman–Crippen MR) is 68.4 cm³/mol. The van der Waals surface area contributed by atoms with Crippen molar-refractivity contribution in [1.29, 1.82) is 0 Å². The van der Waals surface area contributed by atoms with Crippen LogP contribution in [-0.2, 0) is 11.3 Å². The van der Waals surface area contributed by atoms with E-state index >= 15 is 0 Å². The van der Waals surface area contributed by atoms with Gasteiger partial charge in [0.05, 0.1) is 7.11 Å². The van der Waals surface area contributed by atoms with E-state index < -0.39 is 0 Å². The van der Waals surface area contributed by atoms with E-state index in [4.69, 9.17) is 9.47 Å². The van der Waals surface area contributed by atoms with Crippen LogP contribution in [0.25, 0.3) is 0 Å². The van der Waals surface area contributed by atoms with Gasteiger partial charge in [-0.05, 0) is 25.8 Å². The first kappa shape index (κ1) is 12.4. The number of nitrogens with one attached hydrogen (secondary N) is 1. The van der Waals surface area contributed by atoms with E-state index in [2.05, 4.69) is 24.4 Å². The Morgan fingerprint density at radius 1 is 1.35 bits per heavy atom. The van der Waals surface area contributed by atoms with Crippen LogP contribution in [0, 0.1) is 6.92 Å². The van der Waals surface area contributed by atoms with E-state index in [0.29, 0.717) is 6.04 Å². The summed E-state index contributed by atoms with van der Waals surface area (Å²) < 4.78 is 10.7. The van der Waals surface area contributed by atoms with Gasteiger partial charge in [-0.3, -0.25) is 0 Å². The Balaban J connectivity index is 1.95. The van der Waals surface area contributed by atoms with E-state index in [9.17, 15) is 0 Å². The first-order chi connectivity index (χ1) is 8.29. The van der Waals surface area contributed by atoms with E-state index in [1.54, 1.807) is 7.11 Å². The van der Waals surface area contributed by atoms with Gasteiger partial charge in [-0.2, -0.15) is 0 Å². The molecule has 1 aliphatic rings. The molecule has 1 fully saturated rings. The summed E-state index contributed by atoms with van der Waals surface area (Å²) in [7, 11) is 1.72. The average Bonchev–Trinajstić information content (AvgIpc) is 2.38. The fourth-order valence-corrected chi connectivity index (χ4v) is 2.20. The summed E-state index contributed by atoms with van der Waals surface area (Å²) in [5, 5.41) is 3.58. The highest BCUT2D eigenvalue weighted by atomic mass is 16.5. The second-order valence-electron chi connectivity index (χ2n) is 4.58. The molecule has 1 aromatic carbocycles. The molecular formula is C14H21NO2. The third-order valence-electron chi connectivity index (χ3n) is 3.24. The zero-order chi connectivity index (χ0) is 12.1. The number of methoxy groups -OCH3 is 1. The largest absolute Gasteiger partial charge is 0.496 e. The molecule has 0 amide bonds. The molecule has 1 heterocycles. The zero-order valence-corrected chi connectivity index (χ0v) is 10.7. The highest BCUT2D eigenvalue weighted by molar-refractivity contribution is 5.36. The Morgan fingerprint density at radius 3 is 2.82 bits per heavy atom. The molecule has 3 nitrogen and oxygen atoms in total. The molecule has 17 heavy (non-hydrogen) atoms. The molecule has 0 atom stereocenters. The number of benzene rings is 1. The first-order valence-electron chi connectivity index (χ1n) is 6.24. The van der Waals surface area contributed by atoms with Crippen molar-refractivity contribution in [2.24, 2.45) is 0 Å². The Bertz CT molecular complexity index is 359. The quantitative estimate of drug-likeness (QED) is 0.868. The lowest BCUT2D eigenvalue weighted by molar-refractivity contribution is 0.0775. The Kier molecular flexibility index (Phi) is 4.40. The van der Waals surface area contributed by atoms with Crippen molar-refractivity contribution in [1.82, 2.24) is 5.32 Å². The van der Waals surface area contributed by atoms with Gasteiger partial charge in [-0.1, -0.05) is 17.7 Å². The van der Waals surface area contributed by atoms with Crippen molar-refractivity contribution in [3.63, 3.8) is 0 Å². The van der Waals surface area contributed by atoms with Crippen molar-refractivity contribution in [2.75, 3.05) is 20.3 Å². The van der Waals surface area contributed by atoms with E-state index in [-0.39, 0.29) is 0 Å². The van der Waals surface area contributed by atoms with Crippen LogP contribution in [0.3, 0.4) is 0 Å². The maximum Gasteiger partial charge on any atom is 0.123 e. The Hall–Kier alpha value is -1.06. The van der Waals surface area contributed by atoms with Gasteiger partial charge in [0.15, 0.2) is 0 Å². The van der Waals surface area contributed by atoms with Crippen LogP contribution in [0.5, 0.6) is 5.75 Å². The summed E-state index contributed by atoms with van der Waals surface area (Å²) in [6, 6.07) is 6.88. The molecule has 0 radical (unpaired) electrons. The molecule has 0 aromatic heterocycles. The third kappa shape index (κ3) is 3.45. The molecule has 0 saturated carbocycles. The van der Waals surface area contributed by atoms with Gasteiger partial charge in [-0.25, -0.2) is 0 Å². The number of hydrogen-bond donors (Lipinski definition) is 1. The molecule has 1 aromatic rings. The molecule has 0 unspecified atom stereocenters. The lowest BCUT2D eigenvalue weighted by Gasteiger charge is -2.23. The van der Waals surface area contributed by atoms with Gasteiger partial charge in [0, 0.05) is 31.4 Å². The molecule has 0 bridgehead atoms. The summed E-state index contributed by atoms with van der Waals surface area (Å²) in [6.07, 6.45) is 2.21. The fraction of sp³-hybridized carbons (Fsp3) is 0.571. The summed E-state index contributed by atoms with van der Waals surface area (Å²) in [4.78, 5) is 0. The Morgan fingerprint density at radius 2 is 2.12 bits per heavy atom. The molecule has 1 aliphatic heterocycles. The minimum absolute atomic E-state index is 0.578. The monoisotopic (exact) mass is 235 g/mol. The summed E-state index contributed by atoms with van der Waals surface area (Å²) in [5.41, 5.74) is 2.51. The molecule has 1 N–H and O–H groups in total. The average molecular weight is 235 g/mol. The first-order valence-corrected chi connectivity index (χ1v) is 6.24. The molecular weight excluding hydrogens is 214 g/mol. The van der Waals surface area contributed by atoms with Crippen LogP contribution in [0.15, 0.2) is 18.2 Å². The molecule has 0 spiro atoms. The molecule has 2 rings (SSSR count).